The van der Waals surface area contributed by atoms with Crippen molar-refractivity contribution in [3.63, 3.8) is 0 Å². The molecule has 0 saturated heterocycles. The first-order valence-corrected chi connectivity index (χ1v) is 47.2. The molecule has 4 heterocycles. The van der Waals surface area contributed by atoms with Crippen molar-refractivity contribution in [1.82, 2.24) is 8.80 Å². The minimum atomic E-state index is 0.0159. The molecule has 0 bridgehead atoms. The highest BCUT2D eigenvalue weighted by atomic mass is 15.2. The van der Waals surface area contributed by atoms with Crippen molar-refractivity contribution in [2.75, 3.05) is 19.6 Å². The van der Waals surface area contributed by atoms with Gasteiger partial charge < -0.3 is 28.4 Å². The molecule has 646 valence electrons. The molecule has 24 rings (SSSR count). The van der Waals surface area contributed by atoms with Gasteiger partial charge in [-0.15, -0.1) is 0 Å². The van der Waals surface area contributed by atoms with E-state index in [9.17, 15) is 0 Å². The molecule has 6 nitrogen and oxygen atoms in total. The smallest absolute Gasteiger partial charge is 0.0620 e. The highest BCUT2D eigenvalue weighted by Gasteiger charge is 2.29. The highest BCUT2D eigenvalue weighted by molar-refractivity contribution is 6.29. The average Bonchev–Trinajstić information content (AvgIpc) is 1.53. The fraction of sp³-hybridized carbons (Fsp3) is 0.125. The summed E-state index contributed by atoms with van der Waals surface area (Å²) in [6, 6.07) is 156. The van der Waals surface area contributed by atoms with Crippen LogP contribution in [0.3, 0.4) is 0 Å². The fourth-order valence-electron chi connectivity index (χ4n) is 21.1. The van der Waals surface area contributed by atoms with E-state index in [0.717, 1.165) is 84.9 Å². The molecule has 0 unspecified atom stereocenters. The molecule has 0 fully saturated rings. The van der Waals surface area contributed by atoms with E-state index in [1.165, 1.54) is 158 Å². The maximum atomic E-state index is 2.58. The summed E-state index contributed by atoms with van der Waals surface area (Å²) in [6.45, 7) is 27.5. The number of fused-ring (bicyclic) bond motifs is 16. The third kappa shape index (κ3) is 14.0. The van der Waals surface area contributed by atoms with E-state index >= 15 is 0 Å². The summed E-state index contributed by atoms with van der Waals surface area (Å²) in [6.07, 6.45) is 0. The van der Waals surface area contributed by atoms with E-state index in [1.54, 1.807) is 0 Å². The van der Waals surface area contributed by atoms with E-state index in [-0.39, 0.29) is 21.7 Å². The Kier molecular flexibility index (Phi) is 18.8. The zero-order valence-electron chi connectivity index (χ0n) is 77.9. The molecule has 0 aliphatic carbocycles. The SMILES string of the molecule is CC(C)(C)c1ccc(N(c2ccc(C(C)(C)C)cc2)c2ccc3cc4c5cc(-c6ccc(-c7ccc(N(c8ccccc8)c8ccc9cc%10c%11cc(-c%12ccccc%12)cc%12c%13cc%14ccc(N(c%15ccccc%15)c%15ccccc%15)cc%14cc%13n(c%10cc9c8)c%12%11)cc7)cc6)cc6c7cc8ccc(N(c9ccc(C(C)(C)C)cc9)c9ccc(C(C)(C)C)cc9)cc8cc7n(c4cc3c2)c56)cc1. The third-order valence-electron chi connectivity index (χ3n) is 28.4. The molecular formula is C128H104N6. The van der Waals surface area contributed by atoms with Gasteiger partial charge in [0, 0.05) is 111 Å². The summed E-state index contributed by atoms with van der Waals surface area (Å²) in [5, 5.41) is 19.4. The Morgan fingerprint density at radius 1 is 0.149 bits per heavy atom. The number of nitrogens with zero attached hydrogens (tertiary/aromatic N) is 6. The summed E-state index contributed by atoms with van der Waals surface area (Å²) < 4.78 is 5.14. The summed E-state index contributed by atoms with van der Waals surface area (Å²) in [5.41, 5.74) is 32.8. The second-order valence-electron chi connectivity index (χ2n) is 41.1. The Morgan fingerprint density at radius 3 is 0.582 bits per heavy atom. The van der Waals surface area contributed by atoms with E-state index in [0.29, 0.717) is 0 Å². The van der Waals surface area contributed by atoms with Gasteiger partial charge in [0.15, 0.2) is 0 Å². The number of hydrogen-bond donors (Lipinski definition) is 0. The van der Waals surface area contributed by atoms with Crippen molar-refractivity contribution >= 4 is 188 Å². The van der Waals surface area contributed by atoms with Crippen molar-refractivity contribution < 1.29 is 0 Å². The lowest BCUT2D eigenvalue weighted by molar-refractivity contribution is 0.590. The lowest BCUT2D eigenvalue weighted by Crippen LogP contribution is -2.14. The van der Waals surface area contributed by atoms with Gasteiger partial charge in [-0.2, -0.15) is 0 Å². The lowest BCUT2D eigenvalue weighted by atomic mass is 9.86. The van der Waals surface area contributed by atoms with Crippen LogP contribution in [0.5, 0.6) is 0 Å². The number of benzene rings is 20. The Balaban J connectivity index is 0.611. The summed E-state index contributed by atoms with van der Waals surface area (Å²) >= 11 is 0. The lowest BCUT2D eigenvalue weighted by Gasteiger charge is -2.28. The van der Waals surface area contributed by atoms with Crippen LogP contribution >= 0.6 is 0 Å². The van der Waals surface area contributed by atoms with Crippen LogP contribution in [-0.2, 0) is 21.7 Å². The predicted molar refractivity (Wildman–Crippen MR) is 576 cm³/mol. The molecule has 0 saturated carbocycles. The van der Waals surface area contributed by atoms with Gasteiger partial charge in [-0.3, -0.25) is 0 Å². The number of hydrogen-bond acceptors (Lipinski definition) is 4. The maximum absolute atomic E-state index is 2.58. The number of para-hydroxylation sites is 3. The van der Waals surface area contributed by atoms with E-state index < -0.39 is 0 Å². The van der Waals surface area contributed by atoms with Gasteiger partial charge in [-0.25, -0.2) is 0 Å². The van der Waals surface area contributed by atoms with Crippen molar-refractivity contribution in [2.24, 2.45) is 0 Å². The van der Waals surface area contributed by atoms with Gasteiger partial charge in [-0.05, 0) is 339 Å². The first-order chi connectivity index (χ1) is 64.9. The van der Waals surface area contributed by atoms with Gasteiger partial charge in [0.05, 0.1) is 33.1 Å². The molecule has 6 heteroatoms. The van der Waals surface area contributed by atoms with Crippen LogP contribution in [0.15, 0.2) is 413 Å². The Bertz CT molecular complexity index is 8290. The molecule has 20 aromatic carbocycles. The molecule has 0 radical (unpaired) electrons. The second kappa shape index (κ2) is 30.9. The monoisotopic (exact) mass is 1720 g/mol. The van der Waals surface area contributed by atoms with Crippen LogP contribution in [0.25, 0.3) is 153 Å². The van der Waals surface area contributed by atoms with Crippen molar-refractivity contribution in [3.05, 3.63) is 435 Å². The third-order valence-corrected chi connectivity index (χ3v) is 28.4. The predicted octanol–water partition coefficient (Wildman–Crippen LogP) is 36.7. The van der Waals surface area contributed by atoms with Crippen LogP contribution in [0.4, 0.5) is 68.2 Å². The Labute approximate surface area is 783 Å². The molecule has 24 aromatic rings. The topological polar surface area (TPSA) is 21.8 Å². The average molecular weight is 1730 g/mol. The van der Waals surface area contributed by atoms with E-state index in [1.807, 2.05) is 0 Å². The van der Waals surface area contributed by atoms with Gasteiger partial charge in [0.2, 0.25) is 0 Å². The minimum absolute atomic E-state index is 0.0159. The first-order valence-electron chi connectivity index (χ1n) is 47.2. The zero-order valence-corrected chi connectivity index (χ0v) is 77.9. The summed E-state index contributed by atoms with van der Waals surface area (Å²) in [5.74, 6) is 0. The van der Waals surface area contributed by atoms with Crippen LogP contribution in [-0.4, -0.2) is 8.80 Å². The molecule has 0 aliphatic heterocycles. The molecule has 0 N–H and O–H groups in total. The largest absolute Gasteiger partial charge is 0.310 e. The van der Waals surface area contributed by atoms with Crippen molar-refractivity contribution in [2.45, 2.75) is 105 Å². The van der Waals surface area contributed by atoms with E-state index in [2.05, 4.69) is 524 Å². The quantitative estimate of drug-likeness (QED) is 0.102. The molecule has 4 aromatic heterocycles. The van der Waals surface area contributed by atoms with Crippen molar-refractivity contribution in [1.29, 1.82) is 0 Å². The number of aromatic nitrogens is 2. The zero-order chi connectivity index (χ0) is 91.0. The number of rotatable bonds is 15. The first kappa shape index (κ1) is 81.5. The summed E-state index contributed by atoms with van der Waals surface area (Å²) in [7, 11) is 0. The molecule has 0 spiro atoms. The molecule has 0 atom stereocenters. The second-order valence-corrected chi connectivity index (χ2v) is 41.1. The maximum Gasteiger partial charge on any atom is 0.0620 e. The minimum Gasteiger partial charge on any atom is -0.310 e. The standard InChI is InChI=1S/C128H104N6/c1-125(2,3)95-43-57-103(58-44-95)131(104-59-45-96(46-60-104)126(4,5)6)109-55-41-87-71-113-117-75-94(76-118-114-72-88-42-56-110(68-92(88)80-122(114)134(124(117)118)121(113)79-91(87)67-109)132(105-61-47-97(48-62-105)127(7,8)9)106-63-49-98(50-64-106)128(10,11)12)84-35-33-82(34-36-84)83-37-51-102(52-38-83)130(101-31-23-16-24-32-101)108-54-40-86-70-112-116-74-93(81-25-17-13-18-26-81)73-115-111-69-85-39-53-107(129(99-27-19-14-20-28-99)100-29-21-15-22-30-100)65-89(85)77-119(111)133(123(115)116)120(112)78-90(86)66-108/h13-80H,1-12H3. The van der Waals surface area contributed by atoms with Crippen LogP contribution in [0.2, 0.25) is 0 Å². The molecule has 134 heavy (non-hydrogen) atoms. The molecule has 0 aliphatic rings. The van der Waals surface area contributed by atoms with Crippen LogP contribution < -0.4 is 19.6 Å². The Morgan fingerprint density at radius 2 is 0.343 bits per heavy atom. The van der Waals surface area contributed by atoms with E-state index in [4.69, 9.17) is 0 Å². The summed E-state index contributed by atoms with van der Waals surface area (Å²) in [4.78, 5) is 9.62. The normalized spacial score (nSPS) is 12.5. The van der Waals surface area contributed by atoms with Crippen molar-refractivity contribution in [3.8, 4) is 33.4 Å². The van der Waals surface area contributed by atoms with Gasteiger partial charge in [-0.1, -0.05) is 277 Å². The Hall–Kier alpha value is -15.8. The highest BCUT2D eigenvalue weighted by Crippen LogP contribution is 2.51. The fourth-order valence-corrected chi connectivity index (χ4v) is 21.1. The van der Waals surface area contributed by atoms with Crippen LogP contribution in [0.1, 0.15) is 105 Å². The molecular weight excluding hydrogens is 1620 g/mol. The van der Waals surface area contributed by atoms with Crippen LogP contribution in [0, 0.1) is 0 Å². The van der Waals surface area contributed by atoms with Gasteiger partial charge in [0.25, 0.3) is 0 Å². The number of anilines is 12. The van der Waals surface area contributed by atoms with Gasteiger partial charge in [0.1, 0.15) is 0 Å². The van der Waals surface area contributed by atoms with Gasteiger partial charge >= 0.3 is 0 Å². The molecule has 0 amide bonds.